The molecule has 0 unspecified atom stereocenters. The molecule has 6 heteroatoms. The first-order valence-electron chi connectivity index (χ1n) is 4.49. The predicted molar refractivity (Wildman–Crippen MR) is 60.1 cm³/mol. The van der Waals surface area contributed by atoms with E-state index in [2.05, 4.69) is 4.98 Å². The number of hydrogen-bond acceptors (Lipinski definition) is 5. The Labute approximate surface area is 96.8 Å². The van der Waals surface area contributed by atoms with E-state index in [-0.39, 0.29) is 10.8 Å². The third kappa shape index (κ3) is 1.87. The van der Waals surface area contributed by atoms with Crippen LogP contribution >= 0.6 is 22.9 Å². The van der Waals surface area contributed by atoms with Gasteiger partial charge in [0, 0.05) is 7.11 Å². The van der Waals surface area contributed by atoms with E-state index in [1.165, 1.54) is 11.3 Å². The standard InChI is InChI=1S/C9H11ClN2O2S/c1-9(14-2)4-12(5-9)8-11-7(10)6(3-13)15-8/h3H,4-5H2,1-2H3. The minimum Gasteiger partial charge on any atom is -0.375 e. The molecule has 0 bridgehead atoms. The van der Waals surface area contributed by atoms with Crippen molar-refractivity contribution in [1.29, 1.82) is 0 Å². The Morgan fingerprint density at radius 2 is 2.33 bits per heavy atom. The van der Waals surface area contributed by atoms with Gasteiger partial charge in [0.15, 0.2) is 16.6 Å². The van der Waals surface area contributed by atoms with Crippen LogP contribution in [0.25, 0.3) is 0 Å². The highest BCUT2D eigenvalue weighted by Gasteiger charge is 2.40. The maximum Gasteiger partial charge on any atom is 0.187 e. The number of aromatic nitrogens is 1. The lowest BCUT2D eigenvalue weighted by molar-refractivity contribution is -0.0167. The molecule has 2 heterocycles. The van der Waals surface area contributed by atoms with Gasteiger partial charge in [-0.2, -0.15) is 0 Å². The van der Waals surface area contributed by atoms with E-state index in [9.17, 15) is 4.79 Å². The van der Waals surface area contributed by atoms with Crippen molar-refractivity contribution in [3.05, 3.63) is 10.0 Å². The molecule has 0 aromatic carbocycles. The number of nitrogens with zero attached hydrogens (tertiary/aromatic N) is 2. The van der Waals surface area contributed by atoms with E-state index >= 15 is 0 Å². The summed E-state index contributed by atoms with van der Waals surface area (Å²) in [5.74, 6) is 0. The summed E-state index contributed by atoms with van der Waals surface area (Å²) < 4.78 is 5.32. The fourth-order valence-electron chi connectivity index (χ4n) is 1.54. The van der Waals surface area contributed by atoms with Gasteiger partial charge in [-0.1, -0.05) is 22.9 Å². The molecule has 82 valence electrons. The number of rotatable bonds is 3. The number of halogens is 1. The van der Waals surface area contributed by atoms with Crippen LogP contribution in [0.15, 0.2) is 0 Å². The predicted octanol–water partition coefficient (Wildman–Crippen LogP) is 1.83. The second-order valence-electron chi connectivity index (χ2n) is 3.78. The Bertz CT molecular complexity index is 387. The number of ether oxygens (including phenoxy) is 1. The number of carbonyl (C=O) groups is 1. The molecule has 15 heavy (non-hydrogen) atoms. The average Bonchev–Trinajstić information content (AvgIpc) is 2.54. The first-order chi connectivity index (χ1) is 7.08. The first-order valence-corrected chi connectivity index (χ1v) is 5.69. The smallest absolute Gasteiger partial charge is 0.187 e. The van der Waals surface area contributed by atoms with Crippen LogP contribution in [0, 0.1) is 0 Å². The molecule has 0 aliphatic carbocycles. The molecule has 0 spiro atoms. The van der Waals surface area contributed by atoms with Crippen LogP contribution in [0.4, 0.5) is 5.13 Å². The molecule has 0 N–H and O–H groups in total. The number of anilines is 1. The highest BCUT2D eigenvalue weighted by molar-refractivity contribution is 7.17. The van der Waals surface area contributed by atoms with E-state index < -0.39 is 0 Å². The maximum atomic E-state index is 10.6. The summed E-state index contributed by atoms with van der Waals surface area (Å²) in [4.78, 5) is 17.3. The Balaban J connectivity index is 2.10. The molecule has 1 aromatic rings. The number of thiazole rings is 1. The Hall–Kier alpha value is -0.650. The number of methoxy groups -OCH3 is 1. The highest BCUT2D eigenvalue weighted by Crippen LogP contribution is 2.34. The fraction of sp³-hybridized carbons (Fsp3) is 0.556. The molecular weight excluding hydrogens is 236 g/mol. The number of aldehydes is 1. The third-order valence-corrected chi connectivity index (χ3v) is 3.96. The molecule has 4 nitrogen and oxygen atoms in total. The monoisotopic (exact) mass is 246 g/mol. The van der Waals surface area contributed by atoms with E-state index in [0.29, 0.717) is 4.88 Å². The van der Waals surface area contributed by atoms with Gasteiger partial charge in [-0.05, 0) is 6.92 Å². The van der Waals surface area contributed by atoms with Gasteiger partial charge in [-0.15, -0.1) is 0 Å². The largest absolute Gasteiger partial charge is 0.375 e. The molecule has 1 fully saturated rings. The zero-order valence-corrected chi connectivity index (χ0v) is 10.1. The molecular formula is C9H11ClN2O2S. The van der Waals surface area contributed by atoms with Crippen molar-refractivity contribution in [1.82, 2.24) is 4.98 Å². The molecule has 1 aromatic heterocycles. The van der Waals surface area contributed by atoms with Gasteiger partial charge in [-0.25, -0.2) is 4.98 Å². The minimum atomic E-state index is -0.0977. The van der Waals surface area contributed by atoms with Crippen molar-refractivity contribution in [2.45, 2.75) is 12.5 Å². The molecule has 0 amide bonds. The van der Waals surface area contributed by atoms with Crippen molar-refractivity contribution in [3.63, 3.8) is 0 Å². The van der Waals surface area contributed by atoms with Gasteiger partial charge in [0.2, 0.25) is 0 Å². The summed E-state index contributed by atoms with van der Waals surface area (Å²) in [6, 6.07) is 0. The zero-order chi connectivity index (χ0) is 11.1. The molecule has 0 atom stereocenters. The fourth-order valence-corrected chi connectivity index (χ4v) is 2.60. The van der Waals surface area contributed by atoms with Crippen LogP contribution in [0.3, 0.4) is 0 Å². The molecule has 2 rings (SSSR count). The Morgan fingerprint density at radius 1 is 1.67 bits per heavy atom. The first kappa shape index (κ1) is 10.9. The average molecular weight is 247 g/mol. The summed E-state index contributed by atoms with van der Waals surface area (Å²) in [7, 11) is 1.70. The quantitative estimate of drug-likeness (QED) is 0.764. The minimum absolute atomic E-state index is 0.0977. The van der Waals surface area contributed by atoms with Gasteiger partial charge in [-0.3, -0.25) is 4.79 Å². The van der Waals surface area contributed by atoms with Crippen LogP contribution in [0.5, 0.6) is 0 Å². The zero-order valence-electron chi connectivity index (χ0n) is 8.49. The van der Waals surface area contributed by atoms with Gasteiger partial charge < -0.3 is 9.64 Å². The number of hydrogen-bond donors (Lipinski definition) is 0. The number of carbonyl (C=O) groups excluding carboxylic acids is 1. The summed E-state index contributed by atoms with van der Waals surface area (Å²) in [5.41, 5.74) is -0.0977. The summed E-state index contributed by atoms with van der Waals surface area (Å²) in [6.07, 6.45) is 0.735. The lowest BCUT2D eigenvalue weighted by Crippen LogP contribution is -2.61. The normalized spacial score (nSPS) is 18.7. The van der Waals surface area contributed by atoms with Gasteiger partial charge in [0.1, 0.15) is 4.88 Å². The van der Waals surface area contributed by atoms with E-state index in [1.54, 1.807) is 7.11 Å². The lowest BCUT2D eigenvalue weighted by Gasteiger charge is -2.46. The van der Waals surface area contributed by atoms with Crippen LogP contribution < -0.4 is 4.90 Å². The van der Waals surface area contributed by atoms with Crippen molar-refractivity contribution in [2.75, 3.05) is 25.1 Å². The Kier molecular flexibility index (Phi) is 2.70. The maximum absolute atomic E-state index is 10.6. The van der Waals surface area contributed by atoms with Crippen molar-refractivity contribution in [3.8, 4) is 0 Å². The highest BCUT2D eigenvalue weighted by atomic mass is 35.5. The van der Waals surface area contributed by atoms with Crippen molar-refractivity contribution in [2.24, 2.45) is 0 Å². The molecule has 1 saturated heterocycles. The Morgan fingerprint density at radius 3 is 2.80 bits per heavy atom. The molecule has 0 saturated carbocycles. The van der Waals surface area contributed by atoms with Crippen molar-refractivity contribution >= 4 is 34.4 Å². The van der Waals surface area contributed by atoms with Crippen LogP contribution in [-0.4, -0.2) is 37.1 Å². The second kappa shape index (κ2) is 3.73. The third-order valence-electron chi connectivity index (χ3n) is 2.52. The summed E-state index contributed by atoms with van der Waals surface area (Å²) >= 11 is 7.10. The van der Waals surface area contributed by atoms with Crippen LogP contribution in [0.1, 0.15) is 16.6 Å². The lowest BCUT2D eigenvalue weighted by atomic mass is 9.97. The van der Waals surface area contributed by atoms with Gasteiger partial charge in [0.05, 0.1) is 18.7 Å². The van der Waals surface area contributed by atoms with Gasteiger partial charge >= 0.3 is 0 Å². The molecule has 1 aliphatic heterocycles. The van der Waals surface area contributed by atoms with Crippen molar-refractivity contribution < 1.29 is 9.53 Å². The molecule has 1 aliphatic rings. The molecule has 0 radical (unpaired) electrons. The van der Waals surface area contributed by atoms with E-state index in [1.807, 2.05) is 11.8 Å². The topological polar surface area (TPSA) is 42.4 Å². The SMILES string of the molecule is COC1(C)CN(c2nc(Cl)c(C=O)s2)C1. The second-order valence-corrected chi connectivity index (χ2v) is 5.15. The van der Waals surface area contributed by atoms with E-state index in [0.717, 1.165) is 24.5 Å². The summed E-state index contributed by atoms with van der Waals surface area (Å²) in [5, 5.41) is 1.08. The van der Waals surface area contributed by atoms with E-state index in [4.69, 9.17) is 16.3 Å². The van der Waals surface area contributed by atoms with Crippen LogP contribution in [-0.2, 0) is 4.74 Å². The van der Waals surface area contributed by atoms with Gasteiger partial charge in [0.25, 0.3) is 0 Å². The van der Waals surface area contributed by atoms with Crippen LogP contribution in [0.2, 0.25) is 5.15 Å². The summed E-state index contributed by atoms with van der Waals surface area (Å²) in [6.45, 7) is 3.61.